The summed E-state index contributed by atoms with van der Waals surface area (Å²) in [5.41, 5.74) is 2.12. The molecule has 0 aromatic heterocycles. The zero-order valence-corrected chi connectivity index (χ0v) is 14.4. The highest BCUT2D eigenvalue weighted by Crippen LogP contribution is 2.36. The van der Waals surface area contributed by atoms with Gasteiger partial charge in [0.15, 0.2) is 0 Å². The van der Waals surface area contributed by atoms with Crippen molar-refractivity contribution < 1.29 is 9.84 Å². The standard InChI is InChI=1S/C21H27NO2/c1-2-16-24-19-12-10-18(11-13-19)21(23)20(22-14-6-7-15-22)17-8-4-3-5-9-17/h3-5,8-13,20-21,23H,2,6-7,14-16H2,1H3/t20-,21-/m0/s1. The van der Waals surface area contributed by atoms with Crippen molar-refractivity contribution in [1.82, 2.24) is 4.90 Å². The molecule has 0 bridgehead atoms. The average molecular weight is 325 g/mol. The maximum Gasteiger partial charge on any atom is 0.119 e. The number of aliphatic hydroxyl groups excluding tert-OH is 1. The number of nitrogens with zero attached hydrogens (tertiary/aromatic N) is 1. The highest BCUT2D eigenvalue weighted by atomic mass is 16.5. The Morgan fingerprint density at radius 3 is 2.25 bits per heavy atom. The van der Waals surface area contributed by atoms with E-state index < -0.39 is 6.10 Å². The van der Waals surface area contributed by atoms with E-state index in [0.29, 0.717) is 0 Å². The first kappa shape index (κ1) is 17.0. The molecule has 2 atom stereocenters. The van der Waals surface area contributed by atoms with E-state index >= 15 is 0 Å². The van der Waals surface area contributed by atoms with Crippen LogP contribution in [0.15, 0.2) is 54.6 Å². The SMILES string of the molecule is CCCOc1ccc([C@H](O)[C@H](c2ccccc2)N2CCCC2)cc1. The van der Waals surface area contributed by atoms with Crippen LogP contribution < -0.4 is 4.74 Å². The molecule has 0 amide bonds. The van der Waals surface area contributed by atoms with Crippen LogP contribution in [0.3, 0.4) is 0 Å². The van der Waals surface area contributed by atoms with Gasteiger partial charge in [-0.15, -0.1) is 0 Å². The summed E-state index contributed by atoms with van der Waals surface area (Å²) in [7, 11) is 0. The molecule has 1 saturated heterocycles. The Hall–Kier alpha value is -1.84. The molecule has 0 spiro atoms. The van der Waals surface area contributed by atoms with Gasteiger partial charge in [-0.3, -0.25) is 4.90 Å². The lowest BCUT2D eigenvalue weighted by Crippen LogP contribution is -2.30. The summed E-state index contributed by atoms with van der Waals surface area (Å²) in [5, 5.41) is 11.1. The molecule has 0 unspecified atom stereocenters. The lowest BCUT2D eigenvalue weighted by atomic mass is 9.94. The maximum atomic E-state index is 11.1. The second-order valence-corrected chi connectivity index (χ2v) is 6.46. The first-order chi connectivity index (χ1) is 11.8. The van der Waals surface area contributed by atoms with Gasteiger partial charge in [-0.1, -0.05) is 49.4 Å². The van der Waals surface area contributed by atoms with E-state index in [2.05, 4.69) is 24.0 Å². The Labute approximate surface area is 144 Å². The van der Waals surface area contributed by atoms with E-state index in [1.54, 1.807) is 0 Å². The van der Waals surface area contributed by atoms with Crippen LogP contribution in [0.5, 0.6) is 5.75 Å². The topological polar surface area (TPSA) is 32.7 Å². The molecule has 128 valence electrons. The van der Waals surface area contributed by atoms with Crippen molar-refractivity contribution in [3.8, 4) is 5.75 Å². The van der Waals surface area contributed by atoms with E-state index in [4.69, 9.17) is 4.74 Å². The summed E-state index contributed by atoms with van der Waals surface area (Å²) in [6, 6.07) is 18.3. The Morgan fingerprint density at radius 1 is 0.958 bits per heavy atom. The predicted molar refractivity (Wildman–Crippen MR) is 97.2 cm³/mol. The molecule has 3 nitrogen and oxygen atoms in total. The van der Waals surface area contributed by atoms with Crippen molar-refractivity contribution in [2.45, 2.75) is 38.3 Å². The molecule has 3 heteroatoms. The van der Waals surface area contributed by atoms with Gasteiger partial charge in [0.1, 0.15) is 5.75 Å². The Bertz CT molecular complexity index is 605. The van der Waals surface area contributed by atoms with Crippen molar-refractivity contribution in [3.63, 3.8) is 0 Å². The van der Waals surface area contributed by atoms with E-state index in [9.17, 15) is 5.11 Å². The first-order valence-electron chi connectivity index (χ1n) is 8.99. The lowest BCUT2D eigenvalue weighted by molar-refractivity contribution is 0.0607. The average Bonchev–Trinajstić information content (AvgIpc) is 3.15. The third-order valence-electron chi connectivity index (χ3n) is 4.67. The molecule has 0 radical (unpaired) electrons. The molecule has 24 heavy (non-hydrogen) atoms. The minimum Gasteiger partial charge on any atom is -0.494 e. The second-order valence-electron chi connectivity index (χ2n) is 6.46. The van der Waals surface area contributed by atoms with E-state index in [1.165, 1.54) is 18.4 Å². The van der Waals surface area contributed by atoms with Gasteiger partial charge in [-0.05, 0) is 55.6 Å². The number of hydrogen-bond donors (Lipinski definition) is 1. The minimum atomic E-state index is -0.536. The molecule has 1 heterocycles. The molecule has 1 aliphatic heterocycles. The zero-order chi connectivity index (χ0) is 16.8. The monoisotopic (exact) mass is 325 g/mol. The van der Waals surface area contributed by atoms with Gasteiger partial charge in [-0.25, -0.2) is 0 Å². The normalized spacial score (nSPS) is 17.6. The molecule has 0 saturated carbocycles. The molecule has 1 aliphatic rings. The summed E-state index contributed by atoms with van der Waals surface area (Å²) in [4.78, 5) is 2.40. The van der Waals surface area contributed by atoms with E-state index in [-0.39, 0.29) is 6.04 Å². The summed E-state index contributed by atoms with van der Waals surface area (Å²) in [6.45, 7) is 4.92. The highest BCUT2D eigenvalue weighted by molar-refractivity contribution is 5.31. The van der Waals surface area contributed by atoms with Crippen LogP contribution in [0, 0.1) is 0 Å². The number of benzene rings is 2. The fraction of sp³-hybridized carbons (Fsp3) is 0.429. The van der Waals surface area contributed by atoms with Gasteiger partial charge in [-0.2, -0.15) is 0 Å². The molecular formula is C21H27NO2. The smallest absolute Gasteiger partial charge is 0.119 e. The van der Waals surface area contributed by atoms with Crippen molar-refractivity contribution in [3.05, 3.63) is 65.7 Å². The van der Waals surface area contributed by atoms with Crippen molar-refractivity contribution in [1.29, 1.82) is 0 Å². The largest absolute Gasteiger partial charge is 0.494 e. The summed E-state index contributed by atoms with van der Waals surface area (Å²) in [6.07, 6.45) is 2.88. The van der Waals surface area contributed by atoms with E-state index in [1.807, 2.05) is 42.5 Å². The van der Waals surface area contributed by atoms with Crippen molar-refractivity contribution in [2.75, 3.05) is 19.7 Å². The molecular weight excluding hydrogens is 298 g/mol. The first-order valence-corrected chi connectivity index (χ1v) is 8.99. The van der Waals surface area contributed by atoms with Crippen LogP contribution in [0.2, 0.25) is 0 Å². The summed E-state index contributed by atoms with van der Waals surface area (Å²) in [5.74, 6) is 0.866. The summed E-state index contributed by atoms with van der Waals surface area (Å²) < 4.78 is 5.64. The highest BCUT2D eigenvalue weighted by Gasteiger charge is 2.30. The van der Waals surface area contributed by atoms with Crippen molar-refractivity contribution in [2.24, 2.45) is 0 Å². The molecule has 2 aromatic rings. The van der Waals surface area contributed by atoms with Crippen LogP contribution in [-0.4, -0.2) is 29.7 Å². The Balaban J connectivity index is 1.81. The second kappa shape index (κ2) is 8.32. The number of likely N-dealkylation sites (tertiary alicyclic amines) is 1. The van der Waals surface area contributed by atoms with Crippen LogP contribution in [0.1, 0.15) is 49.5 Å². The zero-order valence-electron chi connectivity index (χ0n) is 14.4. The fourth-order valence-electron chi connectivity index (χ4n) is 3.43. The lowest BCUT2D eigenvalue weighted by Gasteiger charge is -2.32. The van der Waals surface area contributed by atoms with Crippen LogP contribution in [-0.2, 0) is 0 Å². The molecule has 3 rings (SSSR count). The number of hydrogen-bond acceptors (Lipinski definition) is 3. The maximum absolute atomic E-state index is 11.1. The summed E-state index contributed by atoms with van der Waals surface area (Å²) >= 11 is 0. The van der Waals surface area contributed by atoms with Gasteiger partial charge >= 0.3 is 0 Å². The molecule has 1 fully saturated rings. The number of rotatable bonds is 7. The molecule has 2 aromatic carbocycles. The van der Waals surface area contributed by atoms with Crippen molar-refractivity contribution >= 4 is 0 Å². The Morgan fingerprint density at radius 2 is 1.62 bits per heavy atom. The Kier molecular flexibility index (Phi) is 5.89. The van der Waals surface area contributed by atoms with Crippen LogP contribution >= 0.6 is 0 Å². The van der Waals surface area contributed by atoms with Gasteiger partial charge < -0.3 is 9.84 Å². The molecule has 0 aliphatic carbocycles. The molecule has 1 N–H and O–H groups in total. The fourth-order valence-corrected chi connectivity index (χ4v) is 3.43. The number of aliphatic hydroxyl groups is 1. The number of ether oxygens (including phenoxy) is 1. The van der Waals surface area contributed by atoms with Gasteiger partial charge in [0.05, 0.1) is 18.8 Å². The quantitative estimate of drug-likeness (QED) is 0.821. The van der Waals surface area contributed by atoms with Gasteiger partial charge in [0.25, 0.3) is 0 Å². The third kappa shape index (κ3) is 3.97. The van der Waals surface area contributed by atoms with E-state index in [0.717, 1.165) is 37.4 Å². The van der Waals surface area contributed by atoms with Gasteiger partial charge in [0.2, 0.25) is 0 Å². The van der Waals surface area contributed by atoms with Gasteiger partial charge in [0, 0.05) is 0 Å². The predicted octanol–water partition coefficient (Wildman–Crippen LogP) is 4.35. The van der Waals surface area contributed by atoms with Crippen LogP contribution in [0.25, 0.3) is 0 Å². The minimum absolute atomic E-state index is 0.0103. The third-order valence-corrected chi connectivity index (χ3v) is 4.67. The van der Waals surface area contributed by atoms with Crippen LogP contribution in [0.4, 0.5) is 0 Å².